The molecule has 1 unspecified atom stereocenters. The second-order valence-electron chi connectivity index (χ2n) is 2.07. The normalized spacial score (nSPS) is 15.9. The summed E-state index contributed by atoms with van der Waals surface area (Å²) in [4.78, 5) is 21.4. The Balaban J connectivity index is 5.70. The van der Waals surface area contributed by atoms with E-state index in [9.17, 15) is 35.9 Å². The molecule has 0 aliphatic rings. The van der Waals surface area contributed by atoms with Gasteiger partial charge < -0.3 is 0 Å². The lowest BCUT2D eigenvalue weighted by molar-refractivity contribution is -0.296. The number of hydrogen-bond donors (Lipinski definition) is 0. The van der Waals surface area contributed by atoms with Crippen LogP contribution in [-0.2, 0) is 9.59 Å². The minimum absolute atomic E-state index is 0.0104. The number of hydrogen-bond acceptors (Lipinski definition) is 4. The van der Waals surface area contributed by atoms with Gasteiger partial charge in [-0.25, -0.2) is 9.59 Å². The van der Waals surface area contributed by atoms with Crippen LogP contribution in [0.3, 0.4) is 0 Å². The van der Waals surface area contributed by atoms with E-state index in [0.717, 1.165) is 0 Å². The van der Waals surface area contributed by atoms with Gasteiger partial charge in [0.15, 0.2) is 0 Å². The van der Waals surface area contributed by atoms with Gasteiger partial charge in [0.05, 0.1) is 0 Å². The zero-order chi connectivity index (χ0) is 12.3. The molecule has 0 rings (SSSR count). The molecule has 0 aliphatic carbocycles. The summed E-state index contributed by atoms with van der Waals surface area (Å²) in [7, 11) is 0. The van der Waals surface area contributed by atoms with E-state index in [1.165, 1.54) is 9.98 Å². The van der Waals surface area contributed by atoms with Gasteiger partial charge in [-0.1, -0.05) is 0 Å². The predicted molar refractivity (Wildman–Crippen MR) is 31.1 cm³/mol. The number of halogens is 6. The number of isocyanates is 2. The van der Waals surface area contributed by atoms with Gasteiger partial charge in [0.25, 0.3) is 0 Å². The van der Waals surface area contributed by atoms with Crippen molar-refractivity contribution in [1.82, 2.24) is 0 Å². The van der Waals surface area contributed by atoms with Gasteiger partial charge in [-0.15, -0.1) is 9.98 Å². The van der Waals surface area contributed by atoms with E-state index in [1.807, 2.05) is 0 Å². The molecule has 0 saturated carbocycles. The summed E-state index contributed by atoms with van der Waals surface area (Å²) in [5.41, 5.74) is 0. The maximum Gasteiger partial charge on any atom is 0.453 e. The highest BCUT2D eigenvalue weighted by molar-refractivity contribution is 5.37. The van der Waals surface area contributed by atoms with Crippen LogP contribution in [0.5, 0.6) is 0 Å². The first-order chi connectivity index (χ1) is 6.62. The predicted octanol–water partition coefficient (Wildman–Crippen LogP) is 1.48. The third-order valence-corrected chi connectivity index (χ3v) is 1.16. The Morgan fingerprint density at radius 1 is 0.800 bits per heavy atom. The minimum Gasteiger partial charge on any atom is -0.211 e. The Bertz CT molecular complexity index is 340. The van der Waals surface area contributed by atoms with Gasteiger partial charge in [-0.3, -0.25) is 0 Å². The van der Waals surface area contributed by atoms with E-state index < -0.39 is 18.0 Å². The number of rotatable bonds is 3. The van der Waals surface area contributed by atoms with Gasteiger partial charge in [-0.2, -0.15) is 26.3 Å². The van der Waals surface area contributed by atoms with Gasteiger partial charge in [0, 0.05) is 0 Å². The highest BCUT2D eigenvalue weighted by Crippen LogP contribution is 2.46. The molecule has 0 aliphatic heterocycles. The van der Waals surface area contributed by atoms with Crippen LogP contribution in [0.25, 0.3) is 0 Å². The fourth-order valence-electron chi connectivity index (χ4n) is 0.495. The topological polar surface area (TPSA) is 58.9 Å². The Labute approximate surface area is 77.3 Å². The minimum atomic E-state index is -6.23. The van der Waals surface area contributed by atoms with Crippen molar-refractivity contribution in [2.24, 2.45) is 9.98 Å². The quantitative estimate of drug-likeness (QED) is 0.321. The van der Waals surface area contributed by atoms with E-state index in [4.69, 9.17) is 0 Å². The molecule has 15 heavy (non-hydrogen) atoms. The van der Waals surface area contributed by atoms with Crippen molar-refractivity contribution in [3.63, 3.8) is 0 Å². The third kappa shape index (κ3) is 2.23. The molecule has 0 aromatic heterocycles. The lowest BCUT2D eigenvalue weighted by Crippen LogP contribution is -2.52. The third-order valence-electron chi connectivity index (χ3n) is 1.16. The summed E-state index contributed by atoms with van der Waals surface area (Å²) >= 11 is 0. The van der Waals surface area contributed by atoms with Crippen LogP contribution in [-0.4, -0.2) is 30.2 Å². The standard InChI is InChI=1S/C5F6N2O2/c6-3(12-1-14,4(7,8)9)5(10,11)13-2-15. The molecule has 0 bridgehead atoms. The lowest BCUT2D eigenvalue weighted by Gasteiger charge is -2.25. The SMILES string of the molecule is O=C=NC(F)(F)C(F)(N=C=O)C(F)(F)F. The Hall–Kier alpha value is -1.66. The van der Waals surface area contributed by atoms with Crippen LogP contribution >= 0.6 is 0 Å². The first-order valence-electron chi connectivity index (χ1n) is 2.94. The second kappa shape index (κ2) is 3.84. The van der Waals surface area contributed by atoms with Crippen molar-refractivity contribution in [3.05, 3.63) is 0 Å². The fourth-order valence-corrected chi connectivity index (χ4v) is 0.495. The van der Waals surface area contributed by atoms with Crippen LogP contribution in [0.1, 0.15) is 0 Å². The Morgan fingerprint density at radius 2 is 1.20 bits per heavy atom. The maximum absolute atomic E-state index is 12.7. The molecule has 0 aromatic carbocycles. The van der Waals surface area contributed by atoms with Crippen LogP contribution in [0.4, 0.5) is 26.3 Å². The maximum atomic E-state index is 12.7. The first-order valence-corrected chi connectivity index (χ1v) is 2.94. The van der Waals surface area contributed by atoms with Crippen molar-refractivity contribution in [2.75, 3.05) is 0 Å². The molecule has 1 atom stereocenters. The van der Waals surface area contributed by atoms with Gasteiger partial charge in [-0.05, 0) is 0 Å². The van der Waals surface area contributed by atoms with Crippen molar-refractivity contribution >= 4 is 12.2 Å². The lowest BCUT2D eigenvalue weighted by atomic mass is 10.2. The summed E-state index contributed by atoms with van der Waals surface area (Å²) in [6.07, 6.45) is -6.20. The molecule has 4 nitrogen and oxygen atoms in total. The Kier molecular flexibility index (Phi) is 3.41. The molecule has 0 aromatic rings. The molecule has 10 heteroatoms. The highest BCUT2D eigenvalue weighted by Gasteiger charge is 2.73. The smallest absolute Gasteiger partial charge is 0.211 e. The van der Waals surface area contributed by atoms with Crippen LogP contribution in [0, 0.1) is 0 Å². The van der Waals surface area contributed by atoms with E-state index in [0.29, 0.717) is 0 Å². The molecule has 0 spiro atoms. The molecule has 0 heterocycles. The number of aliphatic imine (C=N–C) groups is 2. The zero-order valence-electron chi connectivity index (χ0n) is 6.48. The van der Waals surface area contributed by atoms with E-state index in [-0.39, 0.29) is 12.2 Å². The fraction of sp³-hybridized carbons (Fsp3) is 0.600. The summed E-state index contributed by atoms with van der Waals surface area (Å²) in [6.45, 7) is 0. The average Bonchev–Trinajstić information content (AvgIpc) is 2.02. The average molecular weight is 234 g/mol. The first kappa shape index (κ1) is 13.3. The van der Waals surface area contributed by atoms with Crippen molar-refractivity contribution in [2.45, 2.75) is 18.0 Å². The van der Waals surface area contributed by atoms with E-state index in [1.54, 1.807) is 0 Å². The number of carbonyl (C=O) groups excluding carboxylic acids is 2. The van der Waals surface area contributed by atoms with Crippen LogP contribution in [0.2, 0.25) is 0 Å². The van der Waals surface area contributed by atoms with Gasteiger partial charge >= 0.3 is 18.0 Å². The molecular formula is C5F6N2O2. The van der Waals surface area contributed by atoms with E-state index in [2.05, 4.69) is 0 Å². The van der Waals surface area contributed by atoms with Crippen LogP contribution in [0.15, 0.2) is 9.98 Å². The van der Waals surface area contributed by atoms with E-state index >= 15 is 0 Å². The van der Waals surface area contributed by atoms with Crippen molar-refractivity contribution in [3.8, 4) is 0 Å². The molecule has 0 N–H and O–H groups in total. The monoisotopic (exact) mass is 234 g/mol. The van der Waals surface area contributed by atoms with Gasteiger partial charge in [0.2, 0.25) is 12.2 Å². The molecule has 0 radical (unpaired) electrons. The summed E-state index contributed by atoms with van der Waals surface area (Å²) in [6, 6.07) is -5.58. The molecule has 0 amide bonds. The molecule has 0 saturated heterocycles. The van der Waals surface area contributed by atoms with Crippen molar-refractivity contribution < 1.29 is 35.9 Å². The molecule has 84 valence electrons. The largest absolute Gasteiger partial charge is 0.453 e. The summed E-state index contributed by atoms with van der Waals surface area (Å²) in [5, 5.41) is 0. The number of alkyl halides is 6. The summed E-state index contributed by atoms with van der Waals surface area (Å²) < 4.78 is 72.8. The van der Waals surface area contributed by atoms with Crippen LogP contribution < -0.4 is 0 Å². The molecule has 0 fully saturated rings. The second-order valence-corrected chi connectivity index (χ2v) is 2.07. The highest BCUT2D eigenvalue weighted by atomic mass is 19.4. The molecular weight excluding hydrogens is 234 g/mol. The van der Waals surface area contributed by atoms with Crippen molar-refractivity contribution in [1.29, 1.82) is 0 Å². The summed E-state index contributed by atoms with van der Waals surface area (Å²) in [5.74, 6) is -5.63. The number of nitrogens with zero attached hydrogens (tertiary/aromatic N) is 2. The zero-order valence-corrected chi connectivity index (χ0v) is 6.48. The Morgan fingerprint density at radius 3 is 1.47 bits per heavy atom. The van der Waals surface area contributed by atoms with Gasteiger partial charge in [0.1, 0.15) is 0 Å².